The van der Waals surface area contributed by atoms with Gasteiger partial charge in [-0.15, -0.1) is 0 Å². The van der Waals surface area contributed by atoms with E-state index in [0.717, 1.165) is 28.8 Å². The van der Waals surface area contributed by atoms with E-state index >= 15 is 0 Å². The van der Waals surface area contributed by atoms with Crippen molar-refractivity contribution < 1.29 is 9.50 Å². The van der Waals surface area contributed by atoms with Crippen LogP contribution in [0.5, 0.6) is 0 Å². The molecule has 1 heterocycles. The van der Waals surface area contributed by atoms with E-state index in [0.29, 0.717) is 16.5 Å². The maximum absolute atomic E-state index is 13.3. The van der Waals surface area contributed by atoms with Gasteiger partial charge in [-0.05, 0) is 62.9 Å². The molecule has 1 atom stereocenters. The van der Waals surface area contributed by atoms with Crippen molar-refractivity contribution in [2.75, 3.05) is 0 Å². The minimum Gasteiger partial charge on any atom is -0.388 e. The number of halogens is 3. The lowest BCUT2D eigenvalue weighted by Crippen LogP contribution is -2.09. The summed E-state index contributed by atoms with van der Waals surface area (Å²) in [6.07, 6.45) is 0.558. The van der Waals surface area contributed by atoms with Crippen LogP contribution in [-0.2, 0) is 19.4 Å². The lowest BCUT2D eigenvalue weighted by atomic mass is 10.0. The second kappa shape index (κ2) is 7.03. The summed E-state index contributed by atoms with van der Waals surface area (Å²) in [6.45, 7) is 4.81. The van der Waals surface area contributed by atoms with Crippen LogP contribution in [0.15, 0.2) is 27.1 Å². The summed E-state index contributed by atoms with van der Waals surface area (Å²) in [7, 11) is 0. The highest BCUT2D eigenvalue weighted by molar-refractivity contribution is 9.10. The van der Waals surface area contributed by atoms with Crippen molar-refractivity contribution in [1.29, 1.82) is 0 Å². The molecule has 2 rings (SSSR count). The highest BCUT2D eigenvalue weighted by Gasteiger charge is 2.19. The van der Waals surface area contributed by atoms with Gasteiger partial charge in [-0.1, -0.05) is 13.0 Å². The lowest BCUT2D eigenvalue weighted by Gasteiger charge is -2.13. The molecule has 0 fully saturated rings. The largest absolute Gasteiger partial charge is 0.388 e. The number of benzene rings is 1. The normalized spacial score (nSPS) is 12.7. The maximum atomic E-state index is 13.3. The molecule has 1 aromatic heterocycles. The lowest BCUT2D eigenvalue weighted by molar-refractivity contribution is 0.175. The van der Waals surface area contributed by atoms with Gasteiger partial charge in [0.1, 0.15) is 5.82 Å². The molecule has 1 aromatic carbocycles. The summed E-state index contributed by atoms with van der Waals surface area (Å²) < 4.78 is 16.5. The third kappa shape index (κ3) is 3.55. The smallest absolute Gasteiger partial charge is 0.137 e. The molecule has 0 aliphatic rings. The van der Waals surface area contributed by atoms with Gasteiger partial charge in [0.15, 0.2) is 0 Å². The van der Waals surface area contributed by atoms with Crippen LogP contribution in [0, 0.1) is 5.82 Å². The maximum Gasteiger partial charge on any atom is 0.137 e. The fraction of sp³-hybridized carbons (Fsp3) is 0.400. The molecular weight excluding hydrogens is 403 g/mol. The van der Waals surface area contributed by atoms with Crippen molar-refractivity contribution in [3.05, 3.63) is 49.9 Å². The molecule has 0 spiro atoms. The molecule has 0 radical (unpaired) electrons. The Labute approximate surface area is 140 Å². The first-order valence-electron chi connectivity index (χ1n) is 6.84. The predicted octanol–water partition coefficient (Wildman–Crippen LogP) is 4.41. The molecule has 0 aliphatic heterocycles. The third-order valence-corrected chi connectivity index (χ3v) is 4.93. The van der Waals surface area contributed by atoms with Gasteiger partial charge in [-0.25, -0.2) is 4.39 Å². The Kier molecular flexibility index (Phi) is 5.57. The third-order valence-electron chi connectivity index (χ3n) is 3.41. The molecule has 3 nitrogen and oxygen atoms in total. The Morgan fingerprint density at radius 2 is 2.05 bits per heavy atom. The topological polar surface area (TPSA) is 38.0 Å². The number of rotatable bonds is 5. The van der Waals surface area contributed by atoms with E-state index in [1.54, 1.807) is 12.1 Å². The Hall–Kier alpha value is -0.720. The van der Waals surface area contributed by atoms with E-state index in [9.17, 15) is 9.50 Å². The summed E-state index contributed by atoms with van der Waals surface area (Å²) in [6, 6.07) is 4.57. The van der Waals surface area contributed by atoms with E-state index in [1.165, 1.54) is 6.07 Å². The zero-order valence-electron chi connectivity index (χ0n) is 11.9. The number of nitrogens with zero attached hydrogens (tertiary/aromatic N) is 2. The first-order valence-corrected chi connectivity index (χ1v) is 8.43. The number of aromatic nitrogens is 2. The second-order valence-corrected chi connectivity index (χ2v) is 6.42. The minimum atomic E-state index is -0.704. The molecule has 1 N–H and O–H groups in total. The van der Waals surface area contributed by atoms with E-state index in [2.05, 4.69) is 37.0 Å². The number of aliphatic hydroxyl groups excluding tert-OH is 1. The molecule has 0 aliphatic carbocycles. The first kappa shape index (κ1) is 16.6. The van der Waals surface area contributed by atoms with Crippen LogP contribution in [0.25, 0.3) is 0 Å². The quantitative estimate of drug-likeness (QED) is 0.779. The molecular formula is C15H17Br2FN2O. The molecule has 2 aromatic rings. The average Bonchev–Trinajstić information content (AvgIpc) is 2.78. The van der Waals surface area contributed by atoms with Crippen LogP contribution in [0.3, 0.4) is 0 Å². The molecule has 0 saturated heterocycles. The highest BCUT2D eigenvalue weighted by Crippen LogP contribution is 2.28. The second-order valence-electron chi connectivity index (χ2n) is 4.77. The van der Waals surface area contributed by atoms with Crippen LogP contribution in [-0.4, -0.2) is 14.9 Å². The van der Waals surface area contributed by atoms with Crippen molar-refractivity contribution in [2.45, 2.75) is 39.3 Å². The molecule has 0 bridgehead atoms. The Morgan fingerprint density at radius 1 is 1.33 bits per heavy atom. The van der Waals surface area contributed by atoms with Gasteiger partial charge in [-0.2, -0.15) is 5.10 Å². The Balaban J connectivity index is 2.28. The molecule has 0 saturated carbocycles. The highest BCUT2D eigenvalue weighted by atomic mass is 79.9. The van der Waals surface area contributed by atoms with E-state index in [1.807, 2.05) is 18.5 Å². The van der Waals surface area contributed by atoms with E-state index in [-0.39, 0.29) is 5.82 Å². The van der Waals surface area contributed by atoms with Crippen molar-refractivity contribution in [1.82, 2.24) is 9.78 Å². The van der Waals surface area contributed by atoms with Crippen LogP contribution in [0.1, 0.15) is 36.9 Å². The number of hydrogen-bond acceptors (Lipinski definition) is 2. The van der Waals surface area contributed by atoms with Crippen LogP contribution in [0.2, 0.25) is 0 Å². The standard InChI is InChI=1S/C15H17Br2FN2O/c1-3-12-15(17)13(20(4-2)19-12)8-14(21)9-5-6-11(18)10(16)7-9/h5-7,14,21H,3-4,8H2,1-2H3. The average molecular weight is 420 g/mol. The Bertz CT molecular complexity index is 643. The van der Waals surface area contributed by atoms with Crippen molar-refractivity contribution in [3.8, 4) is 0 Å². The monoisotopic (exact) mass is 418 g/mol. The van der Waals surface area contributed by atoms with Crippen molar-refractivity contribution >= 4 is 31.9 Å². The summed E-state index contributed by atoms with van der Waals surface area (Å²) in [5.74, 6) is -0.334. The van der Waals surface area contributed by atoms with E-state index < -0.39 is 6.10 Å². The molecule has 21 heavy (non-hydrogen) atoms. The van der Waals surface area contributed by atoms with Gasteiger partial charge >= 0.3 is 0 Å². The first-order chi connectivity index (χ1) is 9.97. The minimum absolute atomic E-state index is 0.334. The van der Waals surface area contributed by atoms with E-state index in [4.69, 9.17) is 0 Å². The molecule has 6 heteroatoms. The van der Waals surface area contributed by atoms with Gasteiger partial charge in [0.25, 0.3) is 0 Å². The summed E-state index contributed by atoms with van der Waals surface area (Å²) in [4.78, 5) is 0. The number of aryl methyl sites for hydroxylation is 2. The summed E-state index contributed by atoms with van der Waals surface area (Å²) in [5.41, 5.74) is 2.62. The number of hydrogen-bond donors (Lipinski definition) is 1. The van der Waals surface area contributed by atoms with Crippen LogP contribution < -0.4 is 0 Å². The van der Waals surface area contributed by atoms with Crippen molar-refractivity contribution in [2.24, 2.45) is 0 Å². The number of aliphatic hydroxyl groups is 1. The van der Waals surface area contributed by atoms with Gasteiger partial charge in [-0.3, -0.25) is 4.68 Å². The molecule has 1 unspecified atom stereocenters. The van der Waals surface area contributed by atoms with Gasteiger partial charge < -0.3 is 5.11 Å². The fourth-order valence-corrected chi connectivity index (χ4v) is 3.36. The zero-order valence-corrected chi connectivity index (χ0v) is 15.1. The van der Waals surface area contributed by atoms with Gasteiger partial charge in [0.05, 0.1) is 26.4 Å². The van der Waals surface area contributed by atoms with Crippen molar-refractivity contribution in [3.63, 3.8) is 0 Å². The van der Waals surface area contributed by atoms with Crippen LogP contribution >= 0.6 is 31.9 Å². The Morgan fingerprint density at radius 3 is 2.62 bits per heavy atom. The molecule has 114 valence electrons. The fourth-order valence-electron chi connectivity index (χ4n) is 2.23. The summed E-state index contributed by atoms with van der Waals surface area (Å²) >= 11 is 6.71. The predicted molar refractivity (Wildman–Crippen MR) is 87.7 cm³/mol. The molecule has 0 amide bonds. The van der Waals surface area contributed by atoms with Gasteiger partial charge in [0, 0.05) is 13.0 Å². The van der Waals surface area contributed by atoms with Gasteiger partial charge in [0.2, 0.25) is 0 Å². The summed E-state index contributed by atoms with van der Waals surface area (Å²) in [5, 5.41) is 14.9. The van der Waals surface area contributed by atoms with Crippen LogP contribution in [0.4, 0.5) is 4.39 Å². The SMILES string of the molecule is CCc1nn(CC)c(CC(O)c2ccc(F)c(Br)c2)c1Br. The zero-order chi connectivity index (χ0) is 15.6.